The number of rotatable bonds is 1. The van der Waals surface area contributed by atoms with Gasteiger partial charge in [0.15, 0.2) is 0 Å². The van der Waals surface area contributed by atoms with Crippen LogP contribution in [0.3, 0.4) is 0 Å². The molecule has 0 atom stereocenters. The Kier molecular flexibility index (Phi) is 11.8. The van der Waals surface area contributed by atoms with Crippen molar-refractivity contribution in [2.45, 2.75) is 21.0 Å². The van der Waals surface area contributed by atoms with E-state index in [1.54, 1.807) is 0 Å². The molecule has 1 rings (SSSR count). The van der Waals surface area contributed by atoms with Crippen molar-refractivity contribution in [2.24, 2.45) is 0 Å². The zero-order valence-corrected chi connectivity index (χ0v) is 6.46. The zero-order chi connectivity index (χ0) is 6.69. The minimum Gasteiger partial charge on any atom is -0.412 e. The van der Waals surface area contributed by atoms with Gasteiger partial charge in [0.05, 0.1) is 6.61 Å². The Morgan fingerprint density at radius 2 is 1.67 bits per heavy atom. The number of hydrogen-bond acceptors (Lipinski definition) is 1. The van der Waals surface area contributed by atoms with Gasteiger partial charge in [0.1, 0.15) is 0 Å². The van der Waals surface area contributed by atoms with Crippen molar-refractivity contribution in [1.29, 1.82) is 0 Å². The molecular weight excluding hydrogens is 156 g/mol. The predicted molar refractivity (Wildman–Crippen MR) is 51.1 cm³/mol. The SMILES string of the molecule is C.Cc1ccccc1CO.O.O. The van der Waals surface area contributed by atoms with Crippen LogP contribution in [0, 0.1) is 6.92 Å². The topological polar surface area (TPSA) is 83.2 Å². The van der Waals surface area contributed by atoms with Gasteiger partial charge in [0.2, 0.25) is 0 Å². The van der Waals surface area contributed by atoms with Crippen LogP contribution in [0.4, 0.5) is 0 Å². The summed E-state index contributed by atoms with van der Waals surface area (Å²) < 4.78 is 0. The molecule has 0 bridgehead atoms. The van der Waals surface area contributed by atoms with Gasteiger partial charge in [0.25, 0.3) is 0 Å². The largest absolute Gasteiger partial charge is 0.412 e. The molecule has 12 heavy (non-hydrogen) atoms. The van der Waals surface area contributed by atoms with Gasteiger partial charge < -0.3 is 16.1 Å². The van der Waals surface area contributed by atoms with Gasteiger partial charge in [-0.15, -0.1) is 0 Å². The van der Waals surface area contributed by atoms with Crippen LogP contribution in [0.5, 0.6) is 0 Å². The average Bonchev–Trinajstić information content (AvgIpc) is 1.89. The quantitative estimate of drug-likeness (QED) is 0.659. The lowest BCUT2D eigenvalue weighted by Gasteiger charge is -1.97. The van der Waals surface area contributed by atoms with E-state index in [0.29, 0.717) is 0 Å². The first-order valence-corrected chi connectivity index (χ1v) is 3.00. The van der Waals surface area contributed by atoms with Crippen LogP contribution in [0.2, 0.25) is 0 Å². The van der Waals surface area contributed by atoms with E-state index in [2.05, 4.69) is 0 Å². The van der Waals surface area contributed by atoms with Crippen molar-refractivity contribution < 1.29 is 16.1 Å². The van der Waals surface area contributed by atoms with Crippen LogP contribution in [-0.2, 0) is 6.61 Å². The highest BCUT2D eigenvalue weighted by atomic mass is 16.3. The molecule has 0 fully saturated rings. The summed E-state index contributed by atoms with van der Waals surface area (Å²) in [6.07, 6.45) is 0. The molecule has 0 heterocycles. The lowest BCUT2D eigenvalue weighted by Crippen LogP contribution is -1.85. The predicted octanol–water partition coefficient (Wildman–Crippen LogP) is 0.474. The maximum atomic E-state index is 8.72. The number of hydrogen-bond donors (Lipinski definition) is 1. The maximum absolute atomic E-state index is 8.72. The van der Waals surface area contributed by atoms with Gasteiger partial charge in [-0.2, -0.15) is 0 Å². The molecule has 0 spiro atoms. The van der Waals surface area contributed by atoms with Gasteiger partial charge in [-0.3, -0.25) is 0 Å². The molecule has 0 aromatic heterocycles. The molecule has 0 aliphatic carbocycles. The van der Waals surface area contributed by atoms with E-state index in [4.69, 9.17) is 5.11 Å². The monoisotopic (exact) mass is 174 g/mol. The number of aliphatic hydroxyl groups is 1. The standard InChI is InChI=1S/C8H10O.CH4.2H2O/c1-7-4-2-3-5-8(7)6-9;;;/h2-5,9H,6H2,1H3;1H4;2*1H2. The van der Waals surface area contributed by atoms with Crippen LogP contribution in [-0.4, -0.2) is 16.1 Å². The van der Waals surface area contributed by atoms with Gasteiger partial charge in [-0.05, 0) is 18.1 Å². The highest BCUT2D eigenvalue weighted by Crippen LogP contribution is 2.05. The van der Waals surface area contributed by atoms with E-state index in [0.717, 1.165) is 11.1 Å². The fourth-order valence-corrected chi connectivity index (χ4v) is 0.787. The fraction of sp³-hybridized carbons (Fsp3) is 0.333. The summed E-state index contributed by atoms with van der Waals surface area (Å²) in [6.45, 7) is 2.14. The zero-order valence-electron chi connectivity index (χ0n) is 6.46. The van der Waals surface area contributed by atoms with Crippen molar-refractivity contribution in [3.63, 3.8) is 0 Å². The third-order valence-electron chi connectivity index (χ3n) is 1.43. The van der Waals surface area contributed by atoms with E-state index < -0.39 is 0 Å². The Morgan fingerprint density at radius 3 is 2.00 bits per heavy atom. The van der Waals surface area contributed by atoms with E-state index in [1.807, 2.05) is 31.2 Å². The van der Waals surface area contributed by atoms with Crippen LogP contribution in [0.25, 0.3) is 0 Å². The summed E-state index contributed by atoms with van der Waals surface area (Å²) in [5.74, 6) is 0. The highest BCUT2D eigenvalue weighted by Gasteiger charge is 1.90. The Morgan fingerprint density at radius 1 is 1.17 bits per heavy atom. The summed E-state index contributed by atoms with van der Waals surface area (Å²) in [5.41, 5.74) is 2.16. The molecule has 3 heteroatoms. The molecule has 0 amide bonds. The smallest absolute Gasteiger partial charge is 0.0684 e. The Hall–Kier alpha value is -0.900. The molecule has 0 aliphatic heterocycles. The Bertz CT molecular complexity index is 199. The normalized spacial score (nSPS) is 7.17. The van der Waals surface area contributed by atoms with Crippen LogP contribution in [0.1, 0.15) is 18.6 Å². The highest BCUT2D eigenvalue weighted by molar-refractivity contribution is 5.24. The number of benzene rings is 1. The molecule has 0 aliphatic rings. The second kappa shape index (κ2) is 8.20. The molecule has 0 saturated carbocycles. The minimum absolute atomic E-state index is 0. The molecule has 1 aromatic rings. The van der Waals surface area contributed by atoms with Gasteiger partial charge in [-0.1, -0.05) is 31.7 Å². The van der Waals surface area contributed by atoms with E-state index in [-0.39, 0.29) is 25.0 Å². The van der Waals surface area contributed by atoms with Crippen LogP contribution >= 0.6 is 0 Å². The van der Waals surface area contributed by atoms with Crippen LogP contribution < -0.4 is 0 Å². The molecule has 3 nitrogen and oxygen atoms in total. The number of aliphatic hydroxyl groups excluding tert-OH is 1. The van der Waals surface area contributed by atoms with Gasteiger partial charge in [0, 0.05) is 0 Å². The second-order valence-corrected chi connectivity index (χ2v) is 2.08. The summed E-state index contributed by atoms with van der Waals surface area (Å²) in [6, 6.07) is 7.81. The molecular formula is C9H18O3. The van der Waals surface area contributed by atoms with Crippen LogP contribution in [0.15, 0.2) is 24.3 Å². The molecule has 0 saturated heterocycles. The fourth-order valence-electron chi connectivity index (χ4n) is 0.787. The van der Waals surface area contributed by atoms with E-state index >= 15 is 0 Å². The second-order valence-electron chi connectivity index (χ2n) is 2.08. The summed E-state index contributed by atoms with van der Waals surface area (Å²) in [5, 5.41) is 8.72. The first-order valence-electron chi connectivity index (χ1n) is 3.00. The molecule has 0 radical (unpaired) electrons. The van der Waals surface area contributed by atoms with E-state index in [9.17, 15) is 0 Å². The van der Waals surface area contributed by atoms with Crippen molar-refractivity contribution >= 4 is 0 Å². The Balaban J connectivity index is -0.000000270. The lowest BCUT2D eigenvalue weighted by atomic mass is 10.1. The molecule has 5 N–H and O–H groups in total. The third-order valence-corrected chi connectivity index (χ3v) is 1.43. The first kappa shape index (κ1) is 17.3. The minimum atomic E-state index is 0. The van der Waals surface area contributed by atoms with Gasteiger partial charge in [-0.25, -0.2) is 0 Å². The maximum Gasteiger partial charge on any atom is 0.0684 e. The van der Waals surface area contributed by atoms with Crippen molar-refractivity contribution in [3.05, 3.63) is 35.4 Å². The summed E-state index contributed by atoms with van der Waals surface area (Å²) >= 11 is 0. The summed E-state index contributed by atoms with van der Waals surface area (Å²) in [7, 11) is 0. The van der Waals surface area contributed by atoms with Crippen molar-refractivity contribution in [2.75, 3.05) is 0 Å². The Labute approximate surface area is 73.3 Å². The number of aryl methyl sites for hydroxylation is 1. The molecule has 72 valence electrons. The first-order chi connectivity index (χ1) is 4.34. The lowest BCUT2D eigenvalue weighted by molar-refractivity contribution is 0.281. The molecule has 0 unspecified atom stereocenters. The summed E-state index contributed by atoms with van der Waals surface area (Å²) in [4.78, 5) is 0. The van der Waals surface area contributed by atoms with Crippen molar-refractivity contribution in [3.8, 4) is 0 Å². The van der Waals surface area contributed by atoms with E-state index in [1.165, 1.54) is 0 Å². The third kappa shape index (κ3) is 4.08. The van der Waals surface area contributed by atoms with Gasteiger partial charge >= 0.3 is 0 Å². The average molecular weight is 174 g/mol. The molecule has 1 aromatic carbocycles. The van der Waals surface area contributed by atoms with Crippen molar-refractivity contribution in [1.82, 2.24) is 0 Å².